The summed E-state index contributed by atoms with van der Waals surface area (Å²) in [7, 11) is 0. The topological polar surface area (TPSA) is 114 Å². The molecule has 1 aliphatic carbocycles. The third kappa shape index (κ3) is 8.49. The van der Waals surface area contributed by atoms with E-state index in [9.17, 15) is 19.2 Å². The monoisotopic (exact) mass is 593 g/mol. The minimum Gasteiger partial charge on any atom is -0.458 e. The highest BCUT2D eigenvalue weighted by atomic mass is 16.6. The van der Waals surface area contributed by atoms with Crippen molar-refractivity contribution in [1.82, 2.24) is 15.1 Å². The number of ether oxygens (including phenoxy) is 3. The van der Waals surface area contributed by atoms with Gasteiger partial charge in [-0.25, -0.2) is 14.4 Å². The van der Waals surface area contributed by atoms with Gasteiger partial charge in [0.15, 0.2) is 0 Å². The summed E-state index contributed by atoms with van der Waals surface area (Å²) in [4.78, 5) is 54.6. The van der Waals surface area contributed by atoms with Crippen LogP contribution >= 0.6 is 0 Å². The highest BCUT2D eigenvalue weighted by molar-refractivity contribution is 5.84. The summed E-state index contributed by atoms with van der Waals surface area (Å²) < 4.78 is 16.6. The molecule has 0 bridgehead atoms. The Labute approximate surface area is 253 Å². The van der Waals surface area contributed by atoms with Gasteiger partial charge in [-0.1, -0.05) is 48.5 Å². The second-order valence-electron chi connectivity index (χ2n) is 12.9. The van der Waals surface area contributed by atoms with E-state index in [-0.39, 0.29) is 31.3 Å². The summed E-state index contributed by atoms with van der Waals surface area (Å²) in [5.41, 5.74) is 3.02. The van der Waals surface area contributed by atoms with Crippen molar-refractivity contribution in [3.63, 3.8) is 0 Å². The molecular formula is C33H43N3O7. The van der Waals surface area contributed by atoms with E-state index in [0.29, 0.717) is 26.2 Å². The normalized spacial score (nSPS) is 15.7. The summed E-state index contributed by atoms with van der Waals surface area (Å²) in [5, 5.41) is 2.64. The van der Waals surface area contributed by atoms with E-state index >= 15 is 0 Å². The molecule has 0 aromatic heterocycles. The van der Waals surface area contributed by atoms with Gasteiger partial charge in [0.25, 0.3) is 0 Å². The number of rotatable bonds is 7. The van der Waals surface area contributed by atoms with E-state index in [1.807, 2.05) is 57.2 Å². The van der Waals surface area contributed by atoms with Gasteiger partial charge in [0.05, 0.1) is 0 Å². The third-order valence-electron chi connectivity index (χ3n) is 7.26. The number of hydrogen-bond acceptors (Lipinski definition) is 7. The third-order valence-corrected chi connectivity index (χ3v) is 7.26. The van der Waals surface area contributed by atoms with Crippen molar-refractivity contribution in [2.24, 2.45) is 0 Å². The van der Waals surface area contributed by atoms with Crippen LogP contribution in [-0.2, 0) is 23.8 Å². The number of carbonyl (C=O) groups is 4. The van der Waals surface area contributed by atoms with Crippen LogP contribution in [0, 0.1) is 0 Å². The number of esters is 1. The lowest BCUT2D eigenvalue weighted by molar-refractivity contribution is -0.157. The SMILES string of the molecule is CC(C)(C)OC(=O)[C@H](CCC(=O)N1CCN(C(=O)OC(C)(C)C)CC1)NC(=O)OCC1c2ccccc2-c2ccccc21. The Balaban J connectivity index is 1.33. The Morgan fingerprint density at radius 2 is 1.30 bits per heavy atom. The molecule has 2 aromatic carbocycles. The Hall–Kier alpha value is -4.08. The van der Waals surface area contributed by atoms with Gasteiger partial charge in [0.1, 0.15) is 23.9 Å². The van der Waals surface area contributed by atoms with Crippen molar-refractivity contribution in [3.8, 4) is 11.1 Å². The molecule has 0 radical (unpaired) electrons. The standard InChI is InChI=1S/C33H43N3O7/c1-32(2,3)42-29(38)27(15-16-28(37)35-17-19-36(20-18-35)31(40)43-33(4,5)6)34-30(39)41-21-26-24-13-9-7-11-22(24)23-12-8-10-14-25(23)26/h7-14,26-27H,15-21H2,1-6H3,(H,34,39)/t27-/m0/s1. The molecule has 10 nitrogen and oxygen atoms in total. The van der Waals surface area contributed by atoms with Crippen molar-refractivity contribution in [1.29, 1.82) is 0 Å². The molecule has 0 unspecified atom stereocenters. The number of piperazine rings is 1. The lowest BCUT2D eigenvalue weighted by Crippen LogP contribution is -2.52. The highest BCUT2D eigenvalue weighted by Crippen LogP contribution is 2.44. The molecule has 1 aliphatic heterocycles. The van der Waals surface area contributed by atoms with Crippen LogP contribution in [0.1, 0.15) is 71.4 Å². The summed E-state index contributed by atoms with van der Waals surface area (Å²) in [6, 6.07) is 15.0. The Morgan fingerprint density at radius 1 is 0.791 bits per heavy atom. The van der Waals surface area contributed by atoms with Crippen LogP contribution in [0.3, 0.4) is 0 Å². The Morgan fingerprint density at radius 3 is 1.84 bits per heavy atom. The molecular weight excluding hydrogens is 550 g/mol. The fourth-order valence-corrected chi connectivity index (χ4v) is 5.30. The number of amides is 3. The average molecular weight is 594 g/mol. The minimum absolute atomic E-state index is 0.0139. The fraction of sp³-hybridized carbons (Fsp3) is 0.515. The molecule has 2 aliphatic rings. The summed E-state index contributed by atoms with van der Waals surface area (Å²) in [6.45, 7) is 12.2. The van der Waals surface area contributed by atoms with Crippen LogP contribution in [0.4, 0.5) is 9.59 Å². The van der Waals surface area contributed by atoms with E-state index in [0.717, 1.165) is 22.3 Å². The first-order valence-corrected chi connectivity index (χ1v) is 14.8. The lowest BCUT2D eigenvalue weighted by atomic mass is 9.98. The second-order valence-corrected chi connectivity index (χ2v) is 12.9. The average Bonchev–Trinajstić information content (AvgIpc) is 3.25. The highest BCUT2D eigenvalue weighted by Gasteiger charge is 2.32. The molecule has 1 heterocycles. The van der Waals surface area contributed by atoms with Crippen molar-refractivity contribution < 1.29 is 33.4 Å². The van der Waals surface area contributed by atoms with Gasteiger partial charge in [0.2, 0.25) is 5.91 Å². The van der Waals surface area contributed by atoms with Crippen LogP contribution in [0.25, 0.3) is 11.1 Å². The number of benzene rings is 2. The smallest absolute Gasteiger partial charge is 0.410 e. The first kappa shape index (κ1) is 31.8. The molecule has 43 heavy (non-hydrogen) atoms. The molecule has 1 fully saturated rings. The molecule has 4 rings (SSSR count). The molecule has 0 saturated carbocycles. The first-order valence-electron chi connectivity index (χ1n) is 14.8. The quantitative estimate of drug-likeness (QED) is 0.351. The van der Waals surface area contributed by atoms with Crippen molar-refractivity contribution in [3.05, 3.63) is 59.7 Å². The predicted octanol–water partition coefficient (Wildman–Crippen LogP) is 5.09. The molecule has 3 amide bonds. The van der Waals surface area contributed by atoms with Crippen LogP contribution in [0.15, 0.2) is 48.5 Å². The van der Waals surface area contributed by atoms with E-state index in [4.69, 9.17) is 14.2 Å². The maximum absolute atomic E-state index is 13.0. The molecule has 232 valence electrons. The zero-order valence-corrected chi connectivity index (χ0v) is 26.0. The van der Waals surface area contributed by atoms with Gasteiger partial charge in [-0.2, -0.15) is 0 Å². The summed E-state index contributed by atoms with van der Waals surface area (Å²) >= 11 is 0. The number of carbonyl (C=O) groups excluding carboxylic acids is 4. The van der Waals surface area contributed by atoms with Gasteiger partial charge in [-0.15, -0.1) is 0 Å². The minimum atomic E-state index is -1.07. The molecule has 1 atom stereocenters. The van der Waals surface area contributed by atoms with Crippen LogP contribution in [-0.4, -0.2) is 83.9 Å². The molecule has 1 saturated heterocycles. The van der Waals surface area contributed by atoms with Gasteiger partial charge in [0, 0.05) is 38.5 Å². The Bertz CT molecular complexity index is 1290. The largest absolute Gasteiger partial charge is 0.458 e. The van der Waals surface area contributed by atoms with E-state index in [2.05, 4.69) is 17.4 Å². The number of fused-ring (bicyclic) bond motifs is 3. The molecule has 2 aromatic rings. The van der Waals surface area contributed by atoms with E-state index in [1.54, 1.807) is 30.6 Å². The Kier molecular flexibility index (Phi) is 9.67. The van der Waals surface area contributed by atoms with Crippen molar-refractivity contribution in [2.45, 2.75) is 77.5 Å². The number of nitrogens with one attached hydrogen (secondary N) is 1. The van der Waals surface area contributed by atoms with Gasteiger partial charge in [-0.05, 0) is 70.2 Å². The number of hydrogen-bond donors (Lipinski definition) is 1. The molecule has 1 N–H and O–H groups in total. The second kappa shape index (κ2) is 13.1. The summed E-state index contributed by atoms with van der Waals surface area (Å²) in [5.74, 6) is -0.936. The summed E-state index contributed by atoms with van der Waals surface area (Å²) in [6.07, 6.45) is -1.10. The maximum Gasteiger partial charge on any atom is 0.410 e. The van der Waals surface area contributed by atoms with Crippen LogP contribution in [0.2, 0.25) is 0 Å². The van der Waals surface area contributed by atoms with E-state index < -0.39 is 35.4 Å². The van der Waals surface area contributed by atoms with Crippen molar-refractivity contribution in [2.75, 3.05) is 32.8 Å². The maximum atomic E-state index is 13.0. The molecule has 10 heteroatoms. The van der Waals surface area contributed by atoms with Gasteiger partial charge >= 0.3 is 18.2 Å². The molecule has 0 spiro atoms. The zero-order valence-electron chi connectivity index (χ0n) is 26.0. The zero-order chi connectivity index (χ0) is 31.4. The van der Waals surface area contributed by atoms with Gasteiger partial charge < -0.3 is 29.3 Å². The predicted molar refractivity (Wildman–Crippen MR) is 161 cm³/mol. The van der Waals surface area contributed by atoms with Gasteiger partial charge in [-0.3, -0.25) is 4.79 Å². The number of alkyl carbamates (subject to hydrolysis) is 1. The first-order chi connectivity index (χ1) is 20.2. The number of nitrogens with zero attached hydrogens (tertiary/aromatic N) is 2. The van der Waals surface area contributed by atoms with Crippen LogP contribution in [0.5, 0.6) is 0 Å². The fourth-order valence-electron chi connectivity index (χ4n) is 5.30. The van der Waals surface area contributed by atoms with Crippen molar-refractivity contribution >= 4 is 24.1 Å². The van der Waals surface area contributed by atoms with Crippen LogP contribution < -0.4 is 5.32 Å². The lowest BCUT2D eigenvalue weighted by Gasteiger charge is -2.35. The van der Waals surface area contributed by atoms with E-state index in [1.165, 1.54) is 0 Å².